The van der Waals surface area contributed by atoms with Gasteiger partial charge in [-0.1, -0.05) is 76.3 Å². The van der Waals surface area contributed by atoms with Crippen molar-refractivity contribution in [2.75, 3.05) is 0 Å². The summed E-state index contributed by atoms with van der Waals surface area (Å²) >= 11 is 6.32. The minimum atomic E-state index is -0.526. The van der Waals surface area contributed by atoms with Gasteiger partial charge in [0.1, 0.15) is 12.2 Å². The zero-order chi connectivity index (χ0) is 20.0. The van der Waals surface area contributed by atoms with Gasteiger partial charge in [0.2, 0.25) is 0 Å². The number of benzene rings is 1. The Kier molecular flexibility index (Phi) is 8.19. The van der Waals surface area contributed by atoms with E-state index < -0.39 is 5.79 Å². The summed E-state index contributed by atoms with van der Waals surface area (Å²) in [5.41, 5.74) is 0.992. The summed E-state index contributed by atoms with van der Waals surface area (Å²) in [6, 6.07) is 7.82. The summed E-state index contributed by atoms with van der Waals surface area (Å²) in [5.74, 6) is -0.526. The second-order valence-electron chi connectivity index (χ2n) is 8.02. The molecule has 0 saturated carbocycles. The first-order chi connectivity index (χ1) is 13.6. The first-order valence-corrected chi connectivity index (χ1v) is 11.4. The van der Waals surface area contributed by atoms with Gasteiger partial charge in [-0.25, -0.2) is 0 Å². The third kappa shape index (κ3) is 5.09. The number of rotatable bonds is 11. The Morgan fingerprint density at radius 3 is 2.50 bits per heavy atom. The highest BCUT2D eigenvalue weighted by Gasteiger charge is 2.57. The smallest absolute Gasteiger partial charge is 0.190 e. The topological polar surface area (TPSA) is 36.9 Å². The van der Waals surface area contributed by atoms with Crippen molar-refractivity contribution in [3.05, 3.63) is 34.9 Å². The van der Waals surface area contributed by atoms with Crippen LogP contribution in [0.25, 0.3) is 0 Å². The van der Waals surface area contributed by atoms with Gasteiger partial charge in [0, 0.05) is 17.9 Å². The Labute approximate surface area is 174 Å². The molecule has 2 heterocycles. The first kappa shape index (κ1) is 22.0. The van der Waals surface area contributed by atoms with Crippen LogP contribution in [0.1, 0.15) is 77.7 Å². The molecule has 2 aliphatic heterocycles. The number of hydrogen-bond donors (Lipinski definition) is 0. The Morgan fingerprint density at radius 1 is 1.00 bits per heavy atom. The molecule has 0 N–H and O–H groups in total. The summed E-state index contributed by atoms with van der Waals surface area (Å²) in [4.78, 5) is 0. The van der Waals surface area contributed by atoms with E-state index in [1.807, 2.05) is 24.3 Å². The molecule has 1 aromatic rings. The molecule has 28 heavy (non-hydrogen) atoms. The van der Waals surface area contributed by atoms with Crippen LogP contribution in [0.2, 0.25) is 5.02 Å². The maximum Gasteiger partial charge on any atom is 0.190 e. The molecule has 5 atom stereocenters. The molecular weight excluding hydrogens is 376 g/mol. The molecule has 5 heteroatoms. The van der Waals surface area contributed by atoms with Crippen LogP contribution in [-0.4, -0.2) is 30.4 Å². The van der Waals surface area contributed by atoms with Crippen LogP contribution in [-0.2, 0) is 25.6 Å². The molecule has 0 aliphatic carbocycles. The normalized spacial score (nSPS) is 32.0. The van der Waals surface area contributed by atoms with E-state index >= 15 is 0 Å². The highest BCUT2D eigenvalue weighted by molar-refractivity contribution is 6.31. The third-order valence-electron chi connectivity index (χ3n) is 5.72. The van der Waals surface area contributed by atoms with E-state index in [0.717, 1.165) is 62.0 Å². The van der Waals surface area contributed by atoms with Crippen LogP contribution in [0.4, 0.5) is 0 Å². The van der Waals surface area contributed by atoms with Crippen LogP contribution in [0.5, 0.6) is 0 Å². The lowest BCUT2D eigenvalue weighted by Crippen LogP contribution is -2.39. The third-order valence-corrected chi connectivity index (χ3v) is 6.09. The summed E-state index contributed by atoms with van der Waals surface area (Å²) < 4.78 is 25.6. The lowest BCUT2D eigenvalue weighted by atomic mass is 10.0. The fourth-order valence-corrected chi connectivity index (χ4v) is 4.42. The molecule has 158 valence electrons. The van der Waals surface area contributed by atoms with Gasteiger partial charge in [-0.2, -0.15) is 0 Å². The fraction of sp³-hybridized carbons (Fsp3) is 0.739. The number of hydrogen-bond acceptors (Lipinski definition) is 4. The minimum Gasteiger partial charge on any atom is -0.368 e. The summed E-state index contributed by atoms with van der Waals surface area (Å²) in [6.07, 6.45) is 7.59. The average Bonchev–Trinajstić information content (AvgIpc) is 3.19. The quantitative estimate of drug-likeness (QED) is 0.432. The van der Waals surface area contributed by atoms with E-state index in [4.69, 9.17) is 30.5 Å². The van der Waals surface area contributed by atoms with Gasteiger partial charge in [0.15, 0.2) is 12.1 Å². The summed E-state index contributed by atoms with van der Waals surface area (Å²) in [7, 11) is 0. The largest absolute Gasteiger partial charge is 0.368 e. The lowest BCUT2D eigenvalue weighted by Gasteiger charge is -2.31. The number of fused-ring (bicyclic) bond motifs is 1. The Hall–Kier alpha value is -0.650. The van der Waals surface area contributed by atoms with Crippen molar-refractivity contribution in [2.45, 2.75) is 109 Å². The number of unbranched alkanes of at least 4 members (excludes halogenated alkanes) is 2. The predicted octanol–water partition coefficient (Wildman–Crippen LogP) is 6.24. The van der Waals surface area contributed by atoms with Crippen molar-refractivity contribution in [1.82, 2.24) is 0 Å². The Bertz CT molecular complexity index is 610. The molecule has 1 aromatic carbocycles. The van der Waals surface area contributed by atoms with Crippen molar-refractivity contribution >= 4 is 11.6 Å². The molecule has 0 radical (unpaired) electrons. The molecule has 0 bridgehead atoms. The van der Waals surface area contributed by atoms with Crippen LogP contribution in [0.3, 0.4) is 0 Å². The molecule has 1 unspecified atom stereocenters. The van der Waals surface area contributed by atoms with Crippen LogP contribution in [0, 0.1) is 0 Å². The van der Waals surface area contributed by atoms with Gasteiger partial charge in [-0.15, -0.1) is 0 Å². The average molecular weight is 411 g/mol. The van der Waals surface area contributed by atoms with Crippen molar-refractivity contribution in [3.63, 3.8) is 0 Å². The van der Waals surface area contributed by atoms with Gasteiger partial charge in [-0.3, -0.25) is 0 Å². The van der Waals surface area contributed by atoms with E-state index in [1.54, 1.807) is 0 Å². The Balaban J connectivity index is 1.71. The molecule has 4 nitrogen and oxygen atoms in total. The van der Waals surface area contributed by atoms with E-state index in [2.05, 4.69) is 20.8 Å². The van der Waals surface area contributed by atoms with E-state index in [1.165, 1.54) is 0 Å². The van der Waals surface area contributed by atoms with Gasteiger partial charge in [0.25, 0.3) is 0 Å². The minimum absolute atomic E-state index is 0.00300. The SMILES string of the molecule is CCCC[C@H]1O[C@@H]2OC(CCC)(CCCC)O[C@@H]2[C@H]1OCc1ccccc1Cl. The molecule has 0 spiro atoms. The molecule has 0 aromatic heterocycles. The van der Waals surface area contributed by atoms with Crippen molar-refractivity contribution < 1.29 is 18.9 Å². The van der Waals surface area contributed by atoms with Crippen LogP contribution < -0.4 is 0 Å². The summed E-state index contributed by atoms with van der Waals surface area (Å²) in [6.45, 7) is 7.02. The molecule has 0 amide bonds. The van der Waals surface area contributed by atoms with Crippen molar-refractivity contribution in [1.29, 1.82) is 0 Å². The zero-order valence-corrected chi connectivity index (χ0v) is 18.2. The standard InChI is InChI=1S/C23H35ClO4/c1-4-7-13-19-20(25-16-17-11-9-10-12-18(17)24)21-22(26-19)28-23(27-21,14-6-3)15-8-5-2/h9-12,19-22H,4-8,13-16H2,1-3H3/t19-,20+,21-,22-,23?/m1/s1. The maximum atomic E-state index is 6.55. The monoisotopic (exact) mass is 410 g/mol. The molecule has 2 aliphatic rings. The number of halogens is 1. The Morgan fingerprint density at radius 2 is 1.79 bits per heavy atom. The molecule has 2 saturated heterocycles. The number of ether oxygens (including phenoxy) is 4. The van der Waals surface area contributed by atoms with Gasteiger partial charge < -0.3 is 18.9 Å². The molecular formula is C23H35ClO4. The van der Waals surface area contributed by atoms with Crippen LogP contribution in [0.15, 0.2) is 24.3 Å². The lowest BCUT2D eigenvalue weighted by molar-refractivity contribution is -0.244. The molecule has 3 rings (SSSR count). The summed E-state index contributed by atoms with van der Waals surface area (Å²) in [5, 5.41) is 0.731. The maximum absolute atomic E-state index is 6.55. The van der Waals surface area contributed by atoms with Gasteiger partial charge in [0.05, 0.1) is 12.7 Å². The van der Waals surface area contributed by atoms with E-state index in [-0.39, 0.29) is 24.6 Å². The van der Waals surface area contributed by atoms with E-state index in [9.17, 15) is 0 Å². The van der Waals surface area contributed by atoms with Crippen molar-refractivity contribution in [2.24, 2.45) is 0 Å². The van der Waals surface area contributed by atoms with Crippen molar-refractivity contribution in [3.8, 4) is 0 Å². The predicted molar refractivity (Wildman–Crippen MR) is 111 cm³/mol. The molecule has 2 fully saturated rings. The second kappa shape index (κ2) is 10.4. The highest BCUT2D eigenvalue weighted by atomic mass is 35.5. The zero-order valence-electron chi connectivity index (χ0n) is 17.5. The van der Waals surface area contributed by atoms with Crippen LogP contribution >= 0.6 is 11.6 Å². The van der Waals surface area contributed by atoms with E-state index in [0.29, 0.717) is 6.61 Å². The van der Waals surface area contributed by atoms with Gasteiger partial charge >= 0.3 is 0 Å². The first-order valence-electron chi connectivity index (χ1n) is 11.0. The fourth-order valence-electron chi connectivity index (χ4n) is 4.23. The second-order valence-corrected chi connectivity index (χ2v) is 8.42. The highest BCUT2D eigenvalue weighted by Crippen LogP contribution is 2.44. The van der Waals surface area contributed by atoms with Gasteiger partial charge in [-0.05, 0) is 24.5 Å².